The third-order valence-corrected chi connectivity index (χ3v) is 10.4. The first-order valence-electron chi connectivity index (χ1n) is 17.5. The van der Waals surface area contributed by atoms with Crippen molar-refractivity contribution in [3.63, 3.8) is 0 Å². The van der Waals surface area contributed by atoms with Crippen LogP contribution in [-0.4, -0.2) is 12.1 Å². The fraction of sp³-hybridized carbons (Fsp3) is 0.452. The molecule has 0 spiro atoms. The maximum absolute atomic E-state index is 6.42. The predicted molar refractivity (Wildman–Crippen MR) is 202 cm³/mol. The van der Waals surface area contributed by atoms with Gasteiger partial charge in [0, 0.05) is 22.9 Å². The molecule has 2 aromatic heterocycles. The van der Waals surface area contributed by atoms with Gasteiger partial charge in [0.05, 0.1) is 18.4 Å². The molecule has 0 aliphatic heterocycles. The molecule has 5 aromatic rings. The minimum atomic E-state index is -0.125. The van der Waals surface area contributed by atoms with Gasteiger partial charge in [-0.1, -0.05) is 119 Å². The van der Waals surface area contributed by atoms with Gasteiger partial charge in [-0.3, -0.25) is 0 Å². The monoisotopic (exact) mass is 650 g/mol. The minimum Gasteiger partial charge on any atom is -0.493 e. The zero-order valence-corrected chi connectivity index (χ0v) is 31.4. The highest BCUT2D eigenvalue weighted by atomic mass is 32.1. The van der Waals surface area contributed by atoms with Crippen LogP contribution in [0.4, 0.5) is 5.69 Å². The third-order valence-electron chi connectivity index (χ3n) is 9.45. The molecule has 5 heteroatoms. The second-order valence-corrected chi connectivity index (χ2v) is 15.3. The summed E-state index contributed by atoms with van der Waals surface area (Å²) in [6.45, 7) is 25.2. The largest absolute Gasteiger partial charge is 0.493 e. The SMILES string of the molecule is CCc1oc2c(OC)cccc2c1-c1csc(C(Nc2c(C(C)C)cccc2C(C)C)c2c(C(C)C)cc(C(C)C)cc2C(C)C)n1. The molecule has 0 saturated carbocycles. The maximum Gasteiger partial charge on any atom is 0.176 e. The number of benzene rings is 3. The molecule has 250 valence electrons. The highest BCUT2D eigenvalue weighted by Crippen LogP contribution is 2.45. The molecule has 4 nitrogen and oxygen atoms in total. The Bertz CT molecular complexity index is 1780. The van der Waals surface area contributed by atoms with Gasteiger partial charge >= 0.3 is 0 Å². The molecule has 0 amide bonds. The van der Waals surface area contributed by atoms with E-state index in [0.29, 0.717) is 29.6 Å². The summed E-state index contributed by atoms with van der Waals surface area (Å²) in [6.07, 6.45) is 0.771. The number of hydrogen-bond donors (Lipinski definition) is 1. The van der Waals surface area contributed by atoms with E-state index < -0.39 is 0 Å². The Kier molecular flexibility index (Phi) is 10.6. The van der Waals surface area contributed by atoms with Crippen LogP contribution in [0.5, 0.6) is 5.75 Å². The van der Waals surface area contributed by atoms with Crippen LogP contribution in [0.1, 0.15) is 156 Å². The lowest BCUT2D eigenvalue weighted by atomic mass is 9.81. The summed E-state index contributed by atoms with van der Waals surface area (Å²) < 4.78 is 12.1. The topological polar surface area (TPSA) is 47.3 Å². The number of thiazole rings is 1. The van der Waals surface area contributed by atoms with E-state index in [1.54, 1.807) is 18.4 Å². The van der Waals surface area contributed by atoms with Crippen LogP contribution < -0.4 is 10.1 Å². The van der Waals surface area contributed by atoms with Crippen molar-refractivity contribution >= 4 is 28.0 Å². The molecule has 1 unspecified atom stereocenters. The first-order valence-corrected chi connectivity index (χ1v) is 18.4. The quantitative estimate of drug-likeness (QED) is 0.146. The van der Waals surface area contributed by atoms with E-state index in [0.717, 1.165) is 45.2 Å². The molecular formula is C42H54N2O2S. The van der Waals surface area contributed by atoms with Gasteiger partial charge in [-0.2, -0.15) is 0 Å². The van der Waals surface area contributed by atoms with E-state index in [2.05, 4.69) is 123 Å². The number of hydrogen-bond acceptors (Lipinski definition) is 5. The van der Waals surface area contributed by atoms with Crippen LogP contribution in [0.15, 0.2) is 58.3 Å². The van der Waals surface area contributed by atoms with Gasteiger partial charge in [-0.05, 0) is 69.0 Å². The average Bonchev–Trinajstić information content (AvgIpc) is 3.67. The Morgan fingerprint density at radius 3 is 1.85 bits per heavy atom. The van der Waals surface area contributed by atoms with Crippen LogP contribution in [-0.2, 0) is 6.42 Å². The number of rotatable bonds is 12. The normalized spacial score (nSPS) is 12.8. The van der Waals surface area contributed by atoms with Crippen molar-refractivity contribution in [3.8, 4) is 17.0 Å². The lowest BCUT2D eigenvalue weighted by Gasteiger charge is -2.31. The Labute approximate surface area is 287 Å². The van der Waals surface area contributed by atoms with Crippen LogP contribution in [0, 0.1) is 0 Å². The lowest BCUT2D eigenvalue weighted by molar-refractivity contribution is 0.408. The molecule has 5 rings (SSSR count). The fourth-order valence-electron chi connectivity index (χ4n) is 6.83. The van der Waals surface area contributed by atoms with Gasteiger partial charge in [0.2, 0.25) is 0 Å². The van der Waals surface area contributed by atoms with Crippen molar-refractivity contribution in [1.29, 1.82) is 0 Å². The maximum atomic E-state index is 6.42. The Balaban J connectivity index is 1.81. The fourth-order valence-corrected chi connectivity index (χ4v) is 7.70. The highest BCUT2D eigenvalue weighted by molar-refractivity contribution is 7.10. The van der Waals surface area contributed by atoms with E-state index in [1.165, 1.54) is 39.1 Å². The van der Waals surface area contributed by atoms with Gasteiger partial charge < -0.3 is 14.5 Å². The summed E-state index contributed by atoms with van der Waals surface area (Å²) >= 11 is 1.74. The standard InChI is InChI=1S/C42H54N2O2S/c1-13-35-38(31-18-15-19-36(45-12)41(31)46-35)34-22-47-42(43-34)40(44-39-29(24(4)5)16-14-17-30(39)25(6)7)37-32(26(8)9)20-28(23(2)3)21-33(37)27(10)11/h14-27,40,44H,13H2,1-12H3. The molecule has 2 heterocycles. The molecule has 0 radical (unpaired) electrons. The molecule has 0 aliphatic carbocycles. The molecule has 0 saturated heterocycles. The highest BCUT2D eigenvalue weighted by Gasteiger charge is 2.30. The number of nitrogens with one attached hydrogen (secondary N) is 1. The Hall–Kier alpha value is -3.57. The van der Waals surface area contributed by atoms with Crippen molar-refractivity contribution in [2.75, 3.05) is 12.4 Å². The summed E-state index contributed by atoms with van der Waals surface area (Å²) in [5.74, 6) is 3.59. The number of nitrogens with zero attached hydrogens (tertiary/aromatic N) is 1. The molecule has 47 heavy (non-hydrogen) atoms. The van der Waals surface area contributed by atoms with Gasteiger partial charge in [0.1, 0.15) is 16.8 Å². The number of fused-ring (bicyclic) bond motifs is 1. The summed E-state index contributed by atoms with van der Waals surface area (Å²) in [5.41, 5.74) is 12.3. The third kappa shape index (κ3) is 6.74. The minimum absolute atomic E-state index is 0.125. The molecule has 1 N–H and O–H groups in total. The van der Waals surface area contributed by atoms with E-state index in [1.807, 2.05) is 12.1 Å². The first kappa shape index (κ1) is 34.8. The summed E-state index contributed by atoms with van der Waals surface area (Å²) in [6, 6.07) is 17.7. The van der Waals surface area contributed by atoms with Crippen LogP contribution in [0.3, 0.4) is 0 Å². The summed E-state index contributed by atoms with van der Waals surface area (Å²) in [7, 11) is 1.70. The number of para-hydroxylation sites is 2. The number of anilines is 1. The van der Waals surface area contributed by atoms with Crippen molar-refractivity contribution in [3.05, 3.63) is 98.1 Å². The van der Waals surface area contributed by atoms with Crippen molar-refractivity contribution < 1.29 is 9.15 Å². The zero-order chi connectivity index (χ0) is 34.2. The molecular weight excluding hydrogens is 597 g/mol. The molecule has 0 bridgehead atoms. The Morgan fingerprint density at radius 2 is 1.34 bits per heavy atom. The van der Waals surface area contributed by atoms with E-state index in [4.69, 9.17) is 14.1 Å². The smallest absolute Gasteiger partial charge is 0.176 e. The van der Waals surface area contributed by atoms with E-state index in [-0.39, 0.29) is 6.04 Å². The average molecular weight is 651 g/mol. The molecule has 0 fully saturated rings. The second kappa shape index (κ2) is 14.3. The van der Waals surface area contributed by atoms with E-state index >= 15 is 0 Å². The number of aryl methyl sites for hydroxylation is 1. The van der Waals surface area contributed by atoms with Gasteiger partial charge in [0.15, 0.2) is 11.3 Å². The zero-order valence-electron chi connectivity index (χ0n) is 30.5. The molecule has 3 aromatic carbocycles. The van der Waals surface area contributed by atoms with Crippen molar-refractivity contribution in [2.45, 2.75) is 118 Å². The molecule has 0 aliphatic rings. The number of ether oxygens (including phenoxy) is 1. The van der Waals surface area contributed by atoms with Crippen molar-refractivity contribution in [1.82, 2.24) is 4.98 Å². The van der Waals surface area contributed by atoms with E-state index in [9.17, 15) is 0 Å². The predicted octanol–water partition coefficient (Wildman–Crippen LogP) is 12.9. The van der Waals surface area contributed by atoms with Gasteiger partial charge in [-0.25, -0.2) is 4.98 Å². The first-order chi connectivity index (χ1) is 22.4. The Morgan fingerprint density at radius 1 is 0.766 bits per heavy atom. The van der Waals surface area contributed by atoms with Gasteiger partial charge in [0.25, 0.3) is 0 Å². The van der Waals surface area contributed by atoms with Crippen LogP contribution in [0.25, 0.3) is 22.2 Å². The van der Waals surface area contributed by atoms with Crippen LogP contribution >= 0.6 is 11.3 Å². The van der Waals surface area contributed by atoms with Crippen LogP contribution in [0.2, 0.25) is 0 Å². The second-order valence-electron chi connectivity index (χ2n) is 14.4. The number of methoxy groups -OCH3 is 1. The molecule has 1 atom stereocenters. The number of furan rings is 1. The summed E-state index contributed by atoms with van der Waals surface area (Å²) in [5, 5.41) is 8.52. The summed E-state index contributed by atoms with van der Waals surface area (Å²) in [4.78, 5) is 5.50. The van der Waals surface area contributed by atoms with Crippen molar-refractivity contribution in [2.24, 2.45) is 0 Å². The van der Waals surface area contributed by atoms with Gasteiger partial charge in [-0.15, -0.1) is 11.3 Å². The lowest BCUT2D eigenvalue weighted by Crippen LogP contribution is -2.20. The number of aromatic nitrogens is 1.